The SMILES string of the molecule is COc1cc(OC)c2c(=O)c(-c3ccc(OCC=C(C)C)c(OC)c3)coc2c1. The van der Waals surface area contributed by atoms with Crippen LogP contribution in [0.15, 0.2) is 57.5 Å². The molecule has 0 unspecified atom stereocenters. The molecule has 0 bridgehead atoms. The molecule has 3 aromatic rings. The number of allylic oxidation sites excluding steroid dienone is 1. The zero-order chi connectivity index (χ0) is 21.0. The van der Waals surface area contributed by atoms with Gasteiger partial charge in [-0.3, -0.25) is 4.79 Å². The molecule has 0 aliphatic rings. The predicted octanol–water partition coefficient (Wildman–Crippen LogP) is 4.83. The Hall–Kier alpha value is -3.41. The summed E-state index contributed by atoms with van der Waals surface area (Å²) < 4.78 is 27.5. The van der Waals surface area contributed by atoms with Crippen LogP contribution in [0.25, 0.3) is 22.1 Å². The number of benzene rings is 2. The molecule has 0 saturated carbocycles. The zero-order valence-electron chi connectivity index (χ0n) is 17.2. The van der Waals surface area contributed by atoms with Crippen LogP contribution in [0.3, 0.4) is 0 Å². The molecular formula is C23H24O6. The molecule has 1 heterocycles. The number of hydrogen-bond donors (Lipinski definition) is 0. The van der Waals surface area contributed by atoms with E-state index in [1.54, 1.807) is 44.6 Å². The Morgan fingerprint density at radius 3 is 2.38 bits per heavy atom. The fourth-order valence-electron chi connectivity index (χ4n) is 2.92. The predicted molar refractivity (Wildman–Crippen MR) is 113 cm³/mol. The third-order valence-corrected chi connectivity index (χ3v) is 4.48. The first-order valence-electron chi connectivity index (χ1n) is 9.10. The van der Waals surface area contributed by atoms with Crippen LogP contribution in [0.1, 0.15) is 13.8 Å². The van der Waals surface area contributed by atoms with Crippen molar-refractivity contribution in [3.63, 3.8) is 0 Å². The maximum atomic E-state index is 13.2. The highest BCUT2D eigenvalue weighted by Gasteiger charge is 2.16. The minimum absolute atomic E-state index is 0.203. The summed E-state index contributed by atoms with van der Waals surface area (Å²) in [4.78, 5) is 13.2. The molecule has 1 aromatic heterocycles. The van der Waals surface area contributed by atoms with E-state index in [0.29, 0.717) is 51.7 Å². The van der Waals surface area contributed by atoms with Gasteiger partial charge in [-0.25, -0.2) is 0 Å². The van der Waals surface area contributed by atoms with Crippen molar-refractivity contribution in [2.75, 3.05) is 27.9 Å². The number of hydrogen-bond acceptors (Lipinski definition) is 6. The van der Waals surface area contributed by atoms with Crippen LogP contribution in [-0.2, 0) is 0 Å². The Morgan fingerprint density at radius 2 is 1.72 bits per heavy atom. The summed E-state index contributed by atoms with van der Waals surface area (Å²) in [6.07, 6.45) is 3.41. The van der Waals surface area contributed by atoms with Gasteiger partial charge in [0.25, 0.3) is 0 Å². The first-order chi connectivity index (χ1) is 14.0. The summed E-state index contributed by atoms with van der Waals surface area (Å²) in [5.74, 6) is 2.07. The van der Waals surface area contributed by atoms with Crippen molar-refractivity contribution in [1.29, 1.82) is 0 Å². The topological polar surface area (TPSA) is 67.1 Å². The molecule has 0 saturated heterocycles. The summed E-state index contributed by atoms with van der Waals surface area (Å²) in [5, 5.41) is 0.355. The van der Waals surface area contributed by atoms with Crippen molar-refractivity contribution in [2.45, 2.75) is 13.8 Å². The van der Waals surface area contributed by atoms with Crippen LogP contribution in [0.5, 0.6) is 23.0 Å². The van der Waals surface area contributed by atoms with Crippen molar-refractivity contribution in [1.82, 2.24) is 0 Å². The molecule has 152 valence electrons. The van der Waals surface area contributed by atoms with Gasteiger partial charge in [0.1, 0.15) is 35.3 Å². The van der Waals surface area contributed by atoms with Crippen molar-refractivity contribution in [2.24, 2.45) is 0 Å². The summed E-state index contributed by atoms with van der Waals surface area (Å²) in [7, 11) is 4.60. The number of ether oxygens (including phenoxy) is 4. The van der Waals surface area contributed by atoms with Crippen LogP contribution < -0.4 is 24.4 Å². The van der Waals surface area contributed by atoms with E-state index in [9.17, 15) is 4.79 Å². The maximum Gasteiger partial charge on any atom is 0.204 e. The smallest absolute Gasteiger partial charge is 0.204 e. The number of rotatable bonds is 7. The lowest BCUT2D eigenvalue weighted by molar-refractivity contribution is 0.326. The van der Waals surface area contributed by atoms with E-state index in [0.717, 1.165) is 0 Å². The highest BCUT2D eigenvalue weighted by Crippen LogP contribution is 2.34. The van der Waals surface area contributed by atoms with Crippen LogP contribution in [0, 0.1) is 0 Å². The highest BCUT2D eigenvalue weighted by molar-refractivity contribution is 5.88. The van der Waals surface area contributed by atoms with Crippen molar-refractivity contribution < 1.29 is 23.4 Å². The molecule has 0 amide bonds. The molecule has 29 heavy (non-hydrogen) atoms. The lowest BCUT2D eigenvalue weighted by atomic mass is 10.0. The van der Waals surface area contributed by atoms with E-state index in [4.69, 9.17) is 23.4 Å². The van der Waals surface area contributed by atoms with Gasteiger partial charge in [0.15, 0.2) is 11.5 Å². The monoisotopic (exact) mass is 396 g/mol. The van der Waals surface area contributed by atoms with Crippen molar-refractivity contribution >= 4 is 11.0 Å². The van der Waals surface area contributed by atoms with Gasteiger partial charge in [-0.05, 0) is 37.6 Å². The number of methoxy groups -OCH3 is 3. The van der Waals surface area contributed by atoms with E-state index in [-0.39, 0.29) is 5.43 Å². The first-order valence-corrected chi connectivity index (χ1v) is 9.10. The standard InChI is InChI=1S/C23H24O6/c1-14(2)8-9-28-18-7-6-15(10-19(18)26-4)17-13-29-21-12-16(25-3)11-20(27-5)22(21)23(17)24/h6-8,10-13H,9H2,1-5H3. The second-order valence-electron chi connectivity index (χ2n) is 6.64. The summed E-state index contributed by atoms with van der Waals surface area (Å²) in [6.45, 7) is 4.45. The van der Waals surface area contributed by atoms with Gasteiger partial charge in [0.05, 0.1) is 26.9 Å². The summed E-state index contributed by atoms with van der Waals surface area (Å²) in [5.41, 5.74) is 2.41. The fraction of sp³-hybridized carbons (Fsp3) is 0.261. The van der Waals surface area contributed by atoms with Gasteiger partial charge in [-0.2, -0.15) is 0 Å². The Morgan fingerprint density at radius 1 is 0.966 bits per heavy atom. The van der Waals surface area contributed by atoms with E-state index >= 15 is 0 Å². The highest BCUT2D eigenvalue weighted by atomic mass is 16.5. The quantitative estimate of drug-likeness (QED) is 0.533. The second-order valence-corrected chi connectivity index (χ2v) is 6.64. The fourth-order valence-corrected chi connectivity index (χ4v) is 2.92. The third kappa shape index (κ3) is 4.21. The van der Waals surface area contributed by atoms with Crippen molar-refractivity contribution in [3.05, 3.63) is 58.5 Å². The molecule has 0 aliphatic carbocycles. The summed E-state index contributed by atoms with van der Waals surface area (Å²) >= 11 is 0. The Bertz CT molecular complexity index is 1110. The second kappa shape index (κ2) is 8.73. The average Bonchev–Trinajstić information content (AvgIpc) is 2.73. The normalized spacial score (nSPS) is 10.5. The van der Waals surface area contributed by atoms with Crippen LogP contribution in [0.4, 0.5) is 0 Å². The van der Waals surface area contributed by atoms with Gasteiger partial charge in [0.2, 0.25) is 5.43 Å². The molecule has 2 aromatic carbocycles. The molecule has 0 aliphatic heterocycles. The van der Waals surface area contributed by atoms with Gasteiger partial charge < -0.3 is 23.4 Å². The minimum atomic E-state index is -0.203. The minimum Gasteiger partial charge on any atom is -0.496 e. The third-order valence-electron chi connectivity index (χ3n) is 4.48. The van der Waals surface area contributed by atoms with Crippen LogP contribution in [0.2, 0.25) is 0 Å². The number of fused-ring (bicyclic) bond motifs is 1. The largest absolute Gasteiger partial charge is 0.496 e. The molecule has 0 N–H and O–H groups in total. The van der Waals surface area contributed by atoms with Crippen LogP contribution >= 0.6 is 0 Å². The van der Waals surface area contributed by atoms with E-state index < -0.39 is 0 Å². The van der Waals surface area contributed by atoms with Crippen LogP contribution in [-0.4, -0.2) is 27.9 Å². The summed E-state index contributed by atoms with van der Waals surface area (Å²) in [6, 6.07) is 8.65. The first kappa shape index (κ1) is 20.3. The Labute approximate surface area is 169 Å². The van der Waals surface area contributed by atoms with Gasteiger partial charge in [-0.1, -0.05) is 11.6 Å². The molecule has 3 rings (SSSR count). The van der Waals surface area contributed by atoms with E-state index in [2.05, 4.69) is 0 Å². The molecule has 0 atom stereocenters. The average molecular weight is 396 g/mol. The van der Waals surface area contributed by atoms with Gasteiger partial charge in [0, 0.05) is 12.1 Å². The molecule has 6 heteroatoms. The Balaban J connectivity index is 2.07. The van der Waals surface area contributed by atoms with E-state index in [1.807, 2.05) is 19.9 Å². The lowest BCUT2D eigenvalue weighted by Crippen LogP contribution is -2.07. The van der Waals surface area contributed by atoms with Gasteiger partial charge in [-0.15, -0.1) is 0 Å². The van der Waals surface area contributed by atoms with Crippen molar-refractivity contribution in [3.8, 4) is 34.1 Å². The zero-order valence-corrected chi connectivity index (χ0v) is 17.2. The molecule has 0 spiro atoms. The lowest BCUT2D eigenvalue weighted by Gasteiger charge is -2.12. The molecular weight excluding hydrogens is 372 g/mol. The van der Waals surface area contributed by atoms with E-state index in [1.165, 1.54) is 18.9 Å². The maximum absolute atomic E-state index is 13.2. The molecule has 0 fully saturated rings. The molecule has 6 nitrogen and oxygen atoms in total. The van der Waals surface area contributed by atoms with Gasteiger partial charge >= 0.3 is 0 Å². The Kier molecular flexibility index (Phi) is 6.12. The molecule has 0 radical (unpaired) electrons.